The van der Waals surface area contributed by atoms with Gasteiger partial charge in [0.2, 0.25) is 5.78 Å². The molecule has 0 saturated carbocycles. The first-order chi connectivity index (χ1) is 12.7. The van der Waals surface area contributed by atoms with Crippen LogP contribution in [0.1, 0.15) is 51.9 Å². The summed E-state index contributed by atoms with van der Waals surface area (Å²) in [6.45, 7) is 1.87. The van der Waals surface area contributed by atoms with Gasteiger partial charge in [0.05, 0.1) is 6.42 Å². The second-order valence-electron chi connectivity index (χ2n) is 6.15. The number of halogens is 4. The first-order valence-electron chi connectivity index (χ1n) is 8.84. The van der Waals surface area contributed by atoms with Crippen LogP contribution >= 0.6 is 0 Å². The van der Waals surface area contributed by atoms with Crippen LogP contribution in [0, 0.1) is 0 Å². The van der Waals surface area contributed by atoms with Crippen molar-refractivity contribution in [1.29, 1.82) is 0 Å². The molecule has 0 fully saturated rings. The van der Waals surface area contributed by atoms with Crippen molar-refractivity contribution in [3.05, 3.63) is 47.9 Å². The molecule has 0 amide bonds. The fraction of sp³-hybridized carbons (Fsp3) is 0.500. The maximum absolute atomic E-state index is 13.1. The zero-order chi connectivity index (χ0) is 20.3. The lowest BCUT2D eigenvalue weighted by molar-refractivity contribution is -0.149. The summed E-state index contributed by atoms with van der Waals surface area (Å²) in [6, 6.07) is 0. The van der Waals surface area contributed by atoms with E-state index in [-0.39, 0.29) is 31.3 Å². The van der Waals surface area contributed by atoms with Crippen molar-refractivity contribution in [3.63, 3.8) is 0 Å². The Hall–Kier alpha value is -2.18. The summed E-state index contributed by atoms with van der Waals surface area (Å²) in [5, 5.41) is 0. The summed E-state index contributed by atoms with van der Waals surface area (Å²) in [7, 11) is 0. The van der Waals surface area contributed by atoms with E-state index < -0.39 is 36.3 Å². The highest BCUT2D eigenvalue weighted by Gasteiger charge is 2.25. The minimum absolute atomic E-state index is 0.0879. The fourth-order valence-corrected chi connectivity index (χ4v) is 2.42. The number of ketones is 1. The van der Waals surface area contributed by atoms with Gasteiger partial charge in [-0.15, -0.1) is 0 Å². The van der Waals surface area contributed by atoms with Crippen LogP contribution in [0.2, 0.25) is 0 Å². The second-order valence-corrected chi connectivity index (χ2v) is 6.15. The molecule has 1 unspecified atom stereocenters. The molecule has 1 atom stereocenters. The number of allylic oxidation sites excluding steroid dienone is 6. The summed E-state index contributed by atoms with van der Waals surface area (Å²) in [6.07, 6.45) is 4.58. The zero-order valence-corrected chi connectivity index (χ0v) is 15.2. The van der Waals surface area contributed by atoms with Crippen molar-refractivity contribution in [2.75, 3.05) is 0 Å². The minimum atomic E-state index is -4.29. The van der Waals surface area contributed by atoms with E-state index in [1.807, 2.05) is 19.1 Å². The maximum Gasteiger partial charge on any atom is 0.392 e. The Morgan fingerprint density at radius 3 is 2.59 bits per heavy atom. The number of hydrogen-bond acceptors (Lipinski definition) is 3. The minimum Gasteiger partial charge on any atom is -0.462 e. The van der Waals surface area contributed by atoms with Gasteiger partial charge in [0.25, 0.3) is 0 Å². The number of ether oxygens (including phenoxy) is 1. The predicted molar refractivity (Wildman–Crippen MR) is 94.5 cm³/mol. The molecular weight excluding hydrogens is 364 g/mol. The van der Waals surface area contributed by atoms with Crippen molar-refractivity contribution < 1.29 is 31.9 Å². The van der Waals surface area contributed by atoms with Gasteiger partial charge in [0, 0.05) is 24.8 Å². The first-order valence-corrected chi connectivity index (χ1v) is 8.84. The van der Waals surface area contributed by atoms with Gasteiger partial charge in [-0.2, -0.15) is 13.2 Å². The van der Waals surface area contributed by atoms with Gasteiger partial charge >= 0.3 is 12.1 Å². The molecular formula is C20H24F4O3. The van der Waals surface area contributed by atoms with E-state index in [2.05, 4.69) is 0 Å². The predicted octanol–water partition coefficient (Wildman–Crippen LogP) is 5.69. The van der Waals surface area contributed by atoms with Crippen molar-refractivity contribution in [2.45, 2.75) is 64.1 Å². The molecule has 0 N–H and O–H groups in total. The summed E-state index contributed by atoms with van der Waals surface area (Å²) in [5.74, 6) is -1.96. The van der Waals surface area contributed by atoms with E-state index in [1.165, 1.54) is 18.2 Å². The molecule has 150 valence electrons. The number of Topliss-reactive ketones (excluding diaryl/α,β-unsaturated/α-hetero) is 1. The monoisotopic (exact) mass is 388 g/mol. The molecule has 1 aliphatic carbocycles. The molecule has 0 aromatic carbocycles. The van der Waals surface area contributed by atoms with Gasteiger partial charge in [0.1, 0.15) is 6.10 Å². The lowest BCUT2D eigenvalue weighted by Gasteiger charge is -2.15. The highest BCUT2D eigenvalue weighted by molar-refractivity contribution is 6.09. The van der Waals surface area contributed by atoms with Crippen LogP contribution in [0.3, 0.4) is 0 Å². The number of carbonyl (C=O) groups excluding carboxylic acids is 2. The largest absolute Gasteiger partial charge is 0.462 e. The lowest BCUT2D eigenvalue weighted by atomic mass is 10.1. The van der Waals surface area contributed by atoms with E-state index in [4.69, 9.17) is 4.74 Å². The third-order valence-electron chi connectivity index (χ3n) is 3.84. The molecule has 0 aliphatic heterocycles. The van der Waals surface area contributed by atoms with Crippen LogP contribution in [0.25, 0.3) is 0 Å². The van der Waals surface area contributed by atoms with Gasteiger partial charge in [-0.25, -0.2) is 4.39 Å². The molecule has 0 saturated heterocycles. The van der Waals surface area contributed by atoms with Gasteiger partial charge in [-0.05, 0) is 32.3 Å². The van der Waals surface area contributed by atoms with Crippen LogP contribution in [0.4, 0.5) is 17.6 Å². The number of unbranched alkanes of at least 4 members (excludes halogenated alkanes) is 1. The maximum atomic E-state index is 13.1. The van der Waals surface area contributed by atoms with Crippen LogP contribution in [-0.2, 0) is 14.3 Å². The van der Waals surface area contributed by atoms with E-state index >= 15 is 0 Å². The standard InChI is InChI=1S/C20H24F4O3/c1-2-3-4-5-9-18(25)27-16(8-6-7-14-20(22,23)24)12-10-15-11-13-17(21)19(15)26/h2-3,6-7,10,13,16H,4-5,8-9,11-12,14H2,1H3/b3-2-,7-6-,15-10+. The Labute approximate surface area is 156 Å². The number of esters is 1. The highest BCUT2D eigenvalue weighted by Crippen LogP contribution is 2.23. The molecule has 1 aliphatic rings. The SMILES string of the molecule is C/C=C\CCCC(=O)OC(C/C=C\CC(F)(F)F)C/C=C1\CC=C(F)C1=O. The third-order valence-corrected chi connectivity index (χ3v) is 3.84. The van der Waals surface area contributed by atoms with Crippen molar-refractivity contribution >= 4 is 11.8 Å². The third kappa shape index (κ3) is 9.92. The normalized spacial score (nSPS) is 17.9. The van der Waals surface area contributed by atoms with E-state index in [1.54, 1.807) is 0 Å². The molecule has 0 radical (unpaired) electrons. The molecule has 0 bridgehead atoms. The van der Waals surface area contributed by atoms with Crippen LogP contribution in [0.5, 0.6) is 0 Å². The summed E-state index contributed by atoms with van der Waals surface area (Å²) in [5.41, 5.74) is 0.265. The Kier molecular flexibility index (Phi) is 9.75. The Bertz CT molecular complexity index is 628. The number of carbonyl (C=O) groups is 2. The van der Waals surface area contributed by atoms with Crippen LogP contribution < -0.4 is 0 Å². The van der Waals surface area contributed by atoms with E-state index in [0.717, 1.165) is 12.5 Å². The van der Waals surface area contributed by atoms with Crippen molar-refractivity contribution in [1.82, 2.24) is 0 Å². The number of alkyl halides is 3. The van der Waals surface area contributed by atoms with Crippen LogP contribution in [0.15, 0.2) is 47.9 Å². The molecule has 1 rings (SSSR count). The summed E-state index contributed by atoms with van der Waals surface area (Å²) < 4.78 is 55.0. The molecule has 0 aromatic heterocycles. The highest BCUT2D eigenvalue weighted by atomic mass is 19.4. The summed E-state index contributed by atoms with van der Waals surface area (Å²) in [4.78, 5) is 23.5. The first kappa shape index (κ1) is 22.9. The Balaban J connectivity index is 2.61. The molecule has 27 heavy (non-hydrogen) atoms. The Morgan fingerprint density at radius 1 is 1.26 bits per heavy atom. The van der Waals surface area contributed by atoms with E-state index in [9.17, 15) is 27.2 Å². The quantitative estimate of drug-likeness (QED) is 0.159. The van der Waals surface area contributed by atoms with Gasteiger partial charge in [-0.1, -0.05) is 30.4 Å². The van der Waals surface area contributed by atoms with Gasteiger partial charge in [-0.3, -0.25) is 9.59 Å². The number of rotatable bonds is 10. The molecule has 0 spiro atoms. The van der Waals surface area contributed by atoms with Crippen LogP contribution in [-0.4, -0.2) is 24.0 Å². The Morgan fingerprint density at radius 2 is 2.00 bits per heavy atom. The lowest BCUT2D eigenvalue weighted by Crippen LogP contribution is -2.17. The number of hydrogen-bond donors (Lipinski definition) is 0. The zero-order valence-electron chi connectivity index (χ0n) is 15.2. The fourth-order valence-electron chi connectivity index (χ4n) is 2.42. The second kappa shape index (κ2) is 11.5. The summed E-state index contributed by atoms with van der Waals surface area (Å²) >= 11 is 0. The van der Waals surface area contributed by atoms with Gasteiger partial charge < -0.3 is 4.74 Å². The molecule has 0 aromatic rings. The smallest absolute Gasteiger partial charge is 0.392 e. The van der Waals surface area contributed by atoms with Crippen molar-refractivity contribution in [2.24, 2.45) is 0 Å². The molecule has 7 heteroatoms. The van der Waals surface area contributed by atoms with Gasteiger partial charge in [0.15, 0.2) is 5.83 Å². The average molecular weight is 388 g/mol. The topological polar surface area (TPSA) is 43.4 Å². The van der Waals surface area contributed by atoms with E-state index in [0.29, 0.717) is 6.42 Å². The van der Waals surface area contributed by atoms with Crippen molar-refractivity contribution in [3.8, 4) is 0 Å². The molecule has 0 heterocycles. The average Bonchev–Trinajstić information content (AvgIpc) is 2.91. The molecule has 3 nitrogen and oxygen atoms in total.